The molecule has 2 rings (SSSR count). The highest BCUT2D eigenvalue weighted by atomic mass is 32.2. The van der Waals surface area contributed by atoms with Crippen molar-refractivity contribution in [3.05, 3.63) is 47.2 Å². The Morgan fingerprint density at radius 3 is 2.19 bits per heavy atom. The number of aryl methyl sites for hydroxylation is 3. The van der Waals surface area contributed by atoms with Gasteiger partial charge in [-0.2, -0.15) is 0 Å². The number of pyridine rings is 1. The van der Waals surface area contributed by atoms with E-state index in [9.17, 15) is 8.42 Å². The van der Waals surface area contributed by atoms with Gasteiger partial charge in [0, 0.05) is 18.4 Å². The normalized spacial score (nSPS) is 11.2. The van der Waals surface area contributed by atoms with Crippen molar-refractivity contribution in [1.82, 2.24) is 4.98 Å². The van der Waals surface area contributed by atoms with Crippen LogP contribution in [-0.4, -0.2) is 20.4 Å². The molecular weight excluding hydrogens is 286 g/mol. The quantitative estimate of drug-likeness (QED) is 0.911. The smallest absolute Gasteiger partial charge is 0.263 e. The summed E-state index contributed by atoms with van der Waals surface area (Å²) in [6.07, 6.45) is 0. The lowest BCUT2D eigenvalue weighted by Gasteiger charge is -2.14. The van der Waals surface area contributed by atoms with Crippen molar-refractivity contribution in [3.63, 3.8) is 0 Å². The number of sulfonamides is 1. The molecule has 2 aromatic rings. The van der Waals surface area contributed by atoms with Crippen molar-refractivity contribution in [2.45, 2.75) is 25.7 Å². The summed E-state index contributed by atoms with van der Waals surface area (Å²) in [7, 11) is -1.85. The van der Waals surface area contributed by atoms with E-state index in [-0.39, 0.29) is 0 Å². The first-order chi connectivity index (χ1) is 9.83. The third-order valence-electron chi connectivity index (χ3n) is 3.14. The van der Waals surface area contributed by atoms with Gasteiger partial charge in [-0.05, 0) is 56.2 Å². The molecular formula is C15H19N3O2S. The van der Waals surface area contributed by atoms with Crippen LogP contribution in [0, 0.1) is 20.8 Å². The average molecular weight is 305 g/mol. The molecule has 0 aliphatic carbocycles. The lowest BCUT2D eigenvalue weighted by molar-refractivity contribution is 0.600. The molecule has 6 heteroatoms. The maximum Gasteiger partial charge on any atom is 0.263 e. The summed E-state index contributed by atoms with van der Waals surface area (Å²) in [6.45, 7) is 5.38. The Labute approximate surface area is 125 Å². The molecule has 0 unspecified atom stereocenters. The van der Waals surface area contributed by atoms with E-state index in [1.165, 1.54) is 0 Å². The Morgan fingerprint density at radius 1 is 1.05 bits per heavy atom. The van der Waals surface area contributed by atoms with E-state index in [1.807, 2.05) is 25.1 Å². The number of nitrogens with zero attached hydrogens (tertiary/aromatic N) is 1. The lowest BCUT2D eigenvalue weighted by atomic mass is 10.1. The van der Waals surface area contributed by atoms with E-state index >= 15 is 0 Å². The van der Waals surface area contributed by atoms with Crippen molar-refractivity contribution in [2.75, 3.05) is 17.1 Å². The molecule has 1 aromatic carbocycles. The fraction of sp³-hybridized carbons (Fsp3) is 0.267. The van der Waals surface area contributed by atoms with Gasteiger partial charge in [-0.25, -0.2) is 13.4 Å². The van der Waals surface area contributed by atoms with E-state index in [0.29, 0.717) is 21.8 Å². The summed E-state index contributed by atoms with van der Waals surface area (Å²) >= 11 is 0. The topological polar surface area (TPSA) is 71.1 Å². The van der Waals surface area contributed by atoms with Crippen LogP contribution in [0.3, 0.4) is 0 Å². The van der Waals surface area contributed by atoms with Crippen molar-refractivity contribution < 1.29 is 8.42 Å². The van der Waals surface area contributed by atoms with Crippen molar-refractivity contribution >= 4 is 21.5 Å². The Balaban J connectivity index is 2.45. The van der Waals surface area contributed by atoms with Crippen LogP contribution in [0.2, 0.25) is 0 Å². The van der Waals surface area contributed by atoms with Gasteiger partial charge in [-0.1, -0.05) is 6.07 Å². The van der Waals surface area contributed by atoms with Crippen LogP contribution < -0.4 is 10.0 Å². The number of nitrogens with one attached hydrogen (secondary N) is 2. The molecule has 1 aromatic heterocycles. The van der Waals surface area contributed by atoms with E-state index in [0.717, 1.165) is 11.4 Å². The SMILES string of the molecule is CNc1cc(C)c(S(=O)(=O)Nc2cccc(C)n2)c(C)c1. The highest BCUT2D eigenvalue weighted by Crippen LogP contribution is 2.25. The molecule has 0 radical (unpaired) electrons. The summed E-state index contributed by atoms with van der Waals surface area (Å²) in [5.74, 6) is 0.325. The number of rotatable bonds is 4. The second kappa shape index (κ2) is 5.73. The second-order valence-corrected chi connectivity index (χ2v) is 6.58. The zero-order valence-electron chi connectivity index (χ0n) is 12.6. The van der Waals surface area contributed by atoms with E-state index in [2.05, 4.69) is 15.0 Å². The number of hydrogen-bond acceptors (Lipinski definition) is 4. The first kappa shape index (κ1) is 15.3. The van der Waals surface area contributed by atoms with Gasteiger partial charge in [0.15, 0.2) is 0 Å². The van der Waals surface area contributed by atoms with Gasteiger partial charge in [-0.3, -0.25) is 4.72 Å². The first-order valence-corrected chi connectivity index (χ1v) is 8.07. The monoisotopic (exact) mass is 305 g/mol. The van der Waals surface area contributed by atoms with Gasteiger partial charge in [0.25, 0.3) is 10.0 Å². The summed E-state index contributed by atoms with van der Waals surface area (Å²) in [6, 6.07) is 8.84. The molecule has 5 nitrogen and oxygen atoms in total. The number of aromatic nitrogens is 1. The van der Waals surface area contributed by atoms with Gasteiger partial charge in [-0.15, -0.1) is 0 Å². The molecule has 21 heavy (non-hydrogen) atoms. The van der Waals surface area contributed by atoms with E-state index in [4.69, 9.17) is 0 Å². The fourth-order valence-electron chi connectivity index (χ4n) is 2.31. The first-order valence-electron chi connectivity index (χ1n) is 6.59. The van der Waals surface area contributed by atoms with Gasteiger partial charge in [0.2, 0.25) is 0 Å². The van der Waals surface area contributed by atoms with Crippen molar-refractivity contribution in [2.24, 2.45) is 0 Å². The third kappa shape index (κ3) is 3.33. The average Bonchev–Trinajstić information content (AvgIpc) is 2.36. The molecule has 0 atom stereocenters. The lowest BCUT2D eigenvalue weighted by Crippen LogP contribution is -2.17. The minimum absolute atomic E-state index is 0.296. The van der Waals surface area contributed by atoms with Crippen LogP contribution in [0.5, 0.6) is 0 Å². The van der Waals surface area contributed by atoms with E-state index < -0.39 is 10.0 Å². The summed E-state index contributed by atoms with van der Waals surface area (Å²) < 4.78 is 27.7. The molecule has 0 spiro atoms. The molecule has 112 valence electrons. The third-order valence-corrected chi connectivity index (χ3v) is 4.80. The van der Waals surface area contributed by atoms with Gasteiger partial charge < -0.3 is 5.32 Å². The minimum atomic E-state index is -3.66. The maximum absolute atomic E-state index is 12.6. The number of hydrogen-bond donors (Lipinski definition) is 2. The molecule has 0 saturated heterocycles. The maximum atomic E-state index is 12.6. The molecule has 0 fully saturated rings. The number of benzene rings is 1. The molecule has 0 bridgehead atoms. The summed E-state index contributed by atoms with van der Waals surface area (Å²) in [4.78, 5) is 4.47. The van der Waals surface area contributed by atoms with Crippen LogP contribution in [0.4, 0.5) is 11.5 Å². The Morgan fingerprint density at radius 2 is 1.67 bits per heavy atom. The molecule has 1 heterocycles. The van der Waals surface area contributed by atoms with Gasteiger partial charge in [0.1, 0.15) is 5.82 Å². The van der Waals surface area contributed by atoms with Crippen molar-refractivity contribution in [1.29, 1.82) is 0 Å². The van der Waals surface area contributed by atoms with Crippen LogP contribution in [0.1, 0.15) is 16.8 Å². The fourth-order valence-corrected chi connectivity index (χ4v) is 3.76. The van der Waals surface area contributed by atoms with Gasteiger partial charge in [0.05, 0.1) is 4.90 Å². The Kier molecular flexibility index (Phi) is 4.18. The Hall–Kier alpha value is -2.08. The molecule has 2 N–H and O–H groups in total. The van der Waals surface area contributed by atoms with Crippen LogP contribution in [0.15, 0.2) is 35.2 Å². The molecule has 0 amide bonds. The zero-order valence-corrected chi connectivity index (χ0v) is 13.4. The Bertz CT molecular complexity index is 747. The van der Waals surface area contributed by atoms with Crippen LogP contribution >= 0.6 is 0 Å². The highest BCUT2D eigenvalue weighted by Gasteiger charge is 2.20. The van der Waals surface area contributed by atoms with Crippen LogP contribution in [-0.2, 0) is 10.0 Å². The number of anilines is 2. The predicted molar refractivity (Wildman–Crippen MR) is 85.2 cm³/mol. The standard InChI is InChI=1S/C15H19N3O2S/c1-10-8-13(16-4)9-11(2)15(10)21(19,20)18-14-7-5-6-12(3)17-14/h5-9,16H,1-4H3,(H,17,18). The summed E-state index contributed by atoms with van der Waals surface area (Å²) in [5.41, 5.74) is 3.03. The largest absolute Gasteiger partial charge is 0.388 e. The van der Waals surface area contributed by atoms with Gasteiger partial charge >= 0.3 is 0 Å². The molecule has 0 aliphatic heterocycles. The van der Waals surface area contributed by atoms with E-state index in [1.54, 1.807) is 33.0 Å². The molecule has 0 aliphatic rings. The second-order valence-electron chi connectivity index (χ2n) is 4.96. The minimum Gasteiger partial charge on any atom is -0.388 e. The van der Waals surface area contributed by atoms with Crippen LogP contribution in [0.25, 0.3) is 0 Å². The predicted octanol–water partition coefficient (Wildman–Crippen LogP) is 2.85. The van der Waals surface area contributed by atoms with Crippen molar-refractivity contribution in [3.8, 4) is 0 Å². The molecule has 0 saturated carbocycles. The highest BCUT2D eigenvalue weighted by molar-refractivity contribution is 7.92. The summed E-state index contributed by atoms with van der Waals surface area (Å²) in [5, 5.41) is 3.02. The zero-order chi connectivity index (χ0) is 15.6.